The summed E-state index contributed by atoms with van der Waals surface area (Å²) in [7, 11) is 2.01. The van der Waals surface area contributed by atoms with E-state index in [9.17, 15) is 0 Å². The van der Waals surface area contributed by atoms with Crippen molar-refractivity contribution >= 4 is 19.3 Å². The molecule has 1 aromatic heterocycles. The van der Waals surface area contributed by atoms with Gasteiger partial charge in [-0.1, -0.05) is 5.46 Å². The molecule has 1 saturated heterocycles. The molecule has 0 N–H and O–H groups in total. The van der Waals surface area contributed by atoms with Gasteiger partial charge in [0.1, 0.15) is 7.85 Å². The van der Waals surface area contributed by atoms with Crippen molar-refractivity contribution in [3.63, 3.8) is 0 Å². The lowest BCUT2D eigenvalue weighted by molar-refractivity contribution is 0.901. The standard InChI is InChI=1S/C8H12BN3/c9-7-5-10-8(11-6-7)12-3-1-2-4-12/h5-6H,1-4,9H2. The second-order valence-corrected chi connectivity index (χ2v) is 3.25. The van der Waals surface area contributed by atoms with Crippen molar-refractivity contribution in [1.82, 2.24) is 9.97 Å². The predicted octanol–water partition coefficient (Wildman–Crippen LogP) is -0.665. The van der Waals surface area contributed by atoms with Gasteiger partial charge in [-0.2, -0.15) is 0 Å². The normalized spacial score (nSPS) is 16.8. The zero-order valence-corrected chi connectivity index (χ0v) is 7.32. The van der Waals surface area contributed by atoms with Crippen LogP contribution in [0.25, 0.3) is 0 Å². The van der Waals surface area contributed by atoms with Crippen LogP contribution in [-0.4, -0.2) is 30.9 Å². The SMILES string of the molecule is Bc1cnc(N2CCCC2)nc1. The van der Waals surface area contributed by atoms with E-state index in [2.05, 4.69) is 14.9 Å². The van der Waals surface area contributed by atoms with Gasteiger partial charge in [-0.25, -0.2) is 9.97 Å². The van der Waals surface area contributed by atoms with Crippen LogP contribution in [0.2, 0.25) is 0 Å². The van der Waals surface area contributed by atoms with E-state index in [4.69, 9.17) is 0 Å². The fraction of sp³-hybridized carbons (Fsp3) is 0.500. The van der Waals surface area contributed by atoms with Gasteiger partial charge in [0.15, 0.2) is 0 Å². The third-order valence-electron chi connectivity index (χ3n) is 2.16. The van der Waals surface area contributed by atoms with Crippen LogP contribution in [0, 0.1) is 0 Å². The molecule has 0 spiro atoms. The van der Waals surface area contributed by atoms with Crippen molar-refractivity contribution in [3.8, 4) is 0 Å². The second kappa shape index (κ2) is 3.13. The van der Waals surface area contributed by atoms with Gasteiger partial charge in [0, 0.05) is 25.5 Å². The van der Waals surface area contributed by atoms with E-state index in [1.807, 2.05) is 20.2 Å². The van der Waals surface area contributed by atoms with Crippen LogP contribution in [0.1, 0.15) is 12.8 Å². The highest BCUT2D eigenvalue weighted by molar-refractivity contribution is 6.31. The second-order valence-electron chi connectivity index (χ2n) is 3.25. The summed E-state index contributed by atoms with van der Waals surface area (Å²) < 4.78 is 0. The van der Waals surface area contributed by atoms with Gasteiger partial charge in [-0.3, -0.25) is 0 Å². The van der Waals surface area contributed by atoms with Crippen molar-refractivity contribution < 1.29 is 0 Å². The van der Waals surface area contributed by atoms with Gasteiger partial charge in [0.2, 0.25) is 5.95 Å². The van der Waals surface area contributed by atoms with Gasteiger partial charge in [0.05, 0.1) is 0 Å². The van der Waals surface area contributed by atoms with E-state index in [-0.39, 0.29) is 0 Å². The molecule has 2 heterocycles. The minimum Gasteiger partial charge on any atom is -0.341 e. The largest absolute Gasteiger partial charge is 0.341 e. The number of hydrogen-bond acceptors (Lipinski definition) is 3. The van der Waals surface area contributed by atoms with E-state index in [1.165, 1.54) is 12.8 Å². The molecule has 0 aliphatic carbocycles. The van der Waals surface area contributed by atoms with Crippen LogP contribution in [0.15, 0.2) is 12.4 Å². The van der Waals surface area contributed by atoms with Gasteiger partial charge in [0.25, 0.3) is 0 Å². The Labute approximate surface area is 73.2 Å². The maximum Gasteiger partial charge on any atom is 0.225 e. The zero-order valence-electron chi connectivity index (χ0n) is 7.32. The molecule has 0 aromatic carbocycles. The first-order chi connectivity index (χ1) is 5.86. The molecule has 1 aliphatic rings. The van der Waals surface area contributed by atoms with Crippen LogP contribution in [-0.2, 0) is 0 Å². The fourth-order valence-electron chi connectivity index (χ4n) is 1.47. The summed E-state index contributed by atoms with van der Waals surface area (Å²) in [5, 5.41) is 0. The molecule has 0 bridgehead atoms. The molecule has 2 rings (SSSR count). The Hall–Kier alpha value is -1.06. The molecule has 4 heteroatoms. The molecule has 0 radical (unpaired) electrons. The Morgan fingerprint density at radius 2 is 1.75 bits per heavy atom. The maximum atomic E-state index is 4.28. The van der Waals surface area contributed by atoms with Crippen molar-refractivity contribution in [3.05, 3.63) is 12.4 Å². The van der Waals surface area contributed by atoms with Crippen LogP contribution in [0.3, 0.4) is 0 Å². The average Bonchev–Trinajstić information content (AvgIpc) is 2.58. The molecule has 1 aromatic rings. The van der Waals surface area contributed by atoms with E-state index < -0.39 is 0 Å². The first-order valence-corrected chi connectivity index (χ1v) is 4.40. The fourth-order valence-corrected chi connectivity index (χ4v) is 1.47. The van der Waals surface area contributed by atoms with E-state index >= 15 is 0 Å². The third-order valence-corrected chi connectivity index (χ3v) is 2.16. The molecule has 3 nitrogen and oxygen atoms in total. The third kappa shape index (κ3) is 1.42. The Bertz CT molecular complexity index is 254. The average molecular weight is 161 g/mol. The van der Waals surface area contributed by atoms with E-state index in [0.29, 0.717) is 0 Å². The summed E-state index contributed by atoms with van der Waals surface area (Å²) in [6.45, 7) is 2.23. The Kier molecular flexibility index (Phi) is 1.98. The lowest BCUT2D eigenvalue weighted by atomic mass is 10.0. The van der Waals surface area contributed by atoms with Crippen LogP contribution in [0.5, 0.6) is 0 Å². The molecule has 0 unspecified atom stereocenters. The highest BCUT2D eigenvalue weighted by Crippen LogP contribution is 2.13. The summed E-state index contributed by atoms with van der Waals surface area (Å²) in [5.74, 6) is 0.887. The molecular formula is C8H12BN3. The first kappa shape index (κ1) is 7.59. The number of aromatic nitrogens is 2. The van der Waals surface area contributed by atoms with Crippen molar-refractivity contribution in [1.29, 1.82) is 0 Å². The first-order valence-electron chi connectivity index (χ1n) is 4.40. The summed E-state index contributed by atoms with van der Waals surface area (Å²) in [4.78, 5) is 10.8. The molecule has 0 atom stereocenters. The molecular weight excluding hydrogens is 149 g/mol. The van der Waals surface area contributed by atoms with E-state index in [0.717, 1.165) is 24.5 Å². The van der Waals surface area contributed by atoms with Gasteiger partial charge in [-0.15, -0.1) is 0 Å². The highest BCUT2D eigenvalue weighted by atomic mass is 15.3. The maximum absolute atomic E-state index is 4.28. The van der Waals surface area contributed by atoms with Gasteiger partial charge in [-0.05, 0) is 12.8 Å². The van der Waals surface area contributed by atoms with Gasteiger partial charge >= 0.3 is 0 Å². The number of nitrogens with zero attached hydrogens (tertiary/aromatic N) is 3. The number of hydrogen-bond donors (Lipinski definition) is 0. The number of anilines is 1. The molecule has 1 fully saturated rings. The summed E-state index contributed by atoms with van der Waals surface area (Å²) in [5.41, 5.74) is 1.12. The quantitative estimate of drug-likeness (QED) is 0.511. The minimum atomic E-state index is 0.887. The Balaban J connectivity index is 2.17. The van der Waals surface area contributed by atoms with Crippen LogP contribution >= 0.6 is 0 Å². The van der Waals surface area contributed by atoms with Crippen LogP contribution < -0.4 is 10.4 Å². The lowest BCUT2D eigenvalue weighted by Crippen LogP contribution is -2.21. The summed E-state index contributed by atoms with van der Waals surface area (Å²) in [6.07, 6.45) is 6.30. The van der Waals surface area contributed by atoms with Gasteiger partial charge < -0.3 is 4.90 Å². The lowest BCUT2D eigenvalue weighted by Gasteiger charge is -2.13. The Morgan fingerprint density at radius 1 is 1.17 bits per heavy atom. The molecule has 0 amide bonds. The molecule has 1 aliphatic heterocycles. The number of rotatable bonds is 1. The smallest absolute Gasteiger partial charge is 0.225 e. The molecule has 62 valence electrons. The Morgan fingerprint density at radius 3 is 2.33 bits per heavy atom. The zero-order chi connectivity index (χ0) is 8.39. The van der Waals surface area contributed by atoms with Crippen molar-refractivity contribution in [2.75, 3.05) is 18.0 Å². The van der Waals surface area contributed by atoms with Crippen molar-refractivity contribution in [2.24, 2.45) is 0 Å². The predicted molar refractivity (Wildman–Crippen MR) is 51.7 cm³/mol. The summed E-state index contributed by atoms with van der Waals surface area (Å²) >= 11 is 0. The summed E-state index contributed by atoms with van der Waals surface area (Å²) in [6, 6.07) is 0. The van der Waals surface area contributed by atoms with Crippen LogP contribution in [0.4, 0.5) is 5.95 Å². The monoisotopic (exact) mass is 161 g/mol. The topological polar surface area (TPSA) is 29.0 Å². The van der Waals surface area contributed by atoms with Crippen molar-refractivity contribution in [2.45, 2.75) is 12.8 Å². The highest BCUT2D eigenvalue weighted by Gasteiger charge is 2.13. The van der Waals surface area contributed by atoms with E-state index in [1.54, 1.807) is 0 Å². The molecule has 0 saturated carbocycles. The molecule has 12 heavy (non-hydrogen) atoms. The minimum absolute atomic E-state index is 0.887.